The van der Waals surface area contributed by atoms with Gasteiger partial charge in [-0.15, -0.1) is 0 Å². The second-order valence-corrected chi connectivity index (χ2v) is 7.02. The number of piperidine rings is 1. The number of hydrogen-bond acceptors (Lipinski definition) is 4. The Hall–Kier alpha value is -0.160. The van der Waals surface area contributed by atoms with Crippen LogP contribution in [0.5, 0.6) is 0 Å². The van der Waals surface area contributed by atoms with Crippen LogP contribution in [-0.4, -0.2) is 73.9 Å². The van der Waals surface area contributed by atoms with Gasteiger partial charge in [-0.25, -0.2) is 0 Å². The zero-order valence-corrected chi connectivity index (χ0v) is 13.3. The first-order chi connectivity index (χ1) is 9.69. The van der Waals surface area contributed by atoms with Gasteiger partial charge in [0.2, 0.25) is 0 Å². The number of rotatable bonds is 3. The molecule has 3 aliphatic rings. The topological polar surface area (TPSA) is 27.7 Å². The fourth-order valence-electron chi connectivity index (χ4n) is 4.36. The molecule has 0 amide bonds. The van der Waals surface area contributed by atoms with Crippen LogP contribution < -0.4 is 5.32 Å². The highest BCUT2D eigenvalue weighted by Gasteiger charge is 2.36. The number of nitrogens with zero attached hydrogens (tertiary/aromatic N) is 2. The van der Waals surface area contributed by atoms with Gasteiger partial charge in [-0.2, -0.15) is 0 Å². The van der Waals surface area contributed by atoms with E-state index in [0.717, 1.165) is 31.7 Å². The number of hydrogen-bond donors (Lipinski definition) is 1. The molecule has 3 heterocycles. The number of ether oxygens (including phenoxy) is 1. The molecule has 1 N–H and O–H groups in total. The molecule has 20 heavy (non-hydrogen) atoms. The third kappa shape index (κ3) is 2.89. The lowest BCUT2D eigenvalue weighted by Gasteiger charge is -2.45. The van der Waals surface area contributed by atoms with E-state index in [4.69, 9.17) is 4.74 Å². The number of likely N-dealkylation sites (tertiary alicyclic amines) is 1. The highest BCUT2D eigenvalue weighted by molar-refractivity contribution is 4.91. The minimum absolute atomic E-state index is 0.421. The van der Waals surface area contributed by atoms with Crippen molar-refractivity contribution in [2.75, 3.05) is 39.8 Å². The molecule has 3 rings (SSSR count). The fraction of sp³-hybridized carbons (Fsp3) is 1.00. The van der Waals surface area contributed by atoms with Crippen LogP contribution in [0.15, 0.2) is 0 Å². The summed E-state index contributed by atoms with van der Waals surface area (Å²) < 4.78 is 6.13. The molecule has 3 fully saturated rings. The van der Waals surface area contributed by atoms with E-state index in [9.17, 15) is 0 Å². The minimum Gasteiger partial charge on any atom is -0.374 e. The maximum Gasteiger partial charge on any atom is 0.0829 e. The molecule has 4 heteroatoms. The molecule has 0 radical (unpaired) electrons. The van der Waals surface area contributed by atoms with Crippen molar-refractivity contribution in [1.29, 1.82) is 0 Å². The van der Waals surface area contributed by atoms with Gasteiger partial charge in [0.05, 0.1) is 12.7 Å². The molecule has 0 spiro atoms. The van der Waals surface area contributed by atoms with Crippen LogP contribution in [0.1, 0.15) is 33.1 Å². The summed E-state index contributed by atoms with van der Waals surface area (Å²) in [7, 11) is 2.10. The van der Waals surface area contributed by atoms with Crippen LogP contribution in [0.25, 0.3) is 0 Å². The fourth-order valence-corrected chi connectivity index (χ4v) is 4.36. The van der Waals surface area contributed by atoms with Gasteiger partial charge in [-0.05, 0) is 45.7 Å². The third-order valence-corrected chi connectivity index (χ3v) is 5.97. The van der Waals surface area contributed by atoms with E-state index in [1.165, 1.54) is 32.4 Å². The molecule has 116 valence electrons. The lowest BCUT2D eigenvalue weighted by molar-refractivity contribution is -0.0721. The molecule has 0 saturated carbocycles. The van der Waals surface area contributed by atoms with Crippen LogP contribution >= 0.6 is 0 Å². The second kappa shape index (κ2) is 6.30. The lowest BCUT2D eigenvalue weighted by atomic mass is 9.87. The summed E-state index contributed by atoms with van der Waals surface area (Å²) in [5, 5.41) is 3.47. The van der Waals surface area contributed by atoms with Gasteiger partial charge in [-0.1, -0.05) is 6.92 Å². The van der Waals surface area contributed by atoms with E-state index in [-0.39, 0.29) is 0 Å². The Labute approximate surface area is 123 Å². The van der Waals surface area contributed by atoms with Gasteiger partial charge >= 0.3 is 0 Å². The molecule has 0 aliphatic carbocycles. The molecule has 0 aromatic heterocycles. The SMILES string of the molecule is CNC1CCN(CC2CN3CCCC3CO2)C(C)C1C. The number of fused-ring (bicyclic) bond motifs is 1. The van der Waals surface area contributed by atoms with E-state index < -0.39 is 0 Å². The molecular formula is C16H31N3O. The Morgan fingerprint density at radius 2 is 2.05 bits per heavy atom. The third-order valence-electron chi connectivity index (χ3n) is 5.97. The van der Waals surface area contributed by atoms with Crippen molar-refractivity contribution in [3.05, 3.63) is 0 Å². The minimum atomic E-state index is 0.421. The van der Waals surface area contributed by atoms with Crippen LogP contribution in [0.2, 0.25) is 0 Å². The molecule has 5 atom stereocenters. The second-order valence-electron chi connectivity index (χ2n) is 7.02. The Bertz CT molecular complexity index is 325. The van der Waals surface area contributed by atoms with E-state index in [1.807, 2.05) is 0 Å². The number of nitrogens with one attached hydrogen (secondary N) is 1. The Morgan fingerprint density at radius 1 is 1.20 bits per heavy atom. The predicted molar refractivity (Wildman–Crippen MR) is 82.0 cm³/mol. The quantitative estimate of drug-likeness (QED) is 0.840. The van der Waals surface area contributed by atoms with Crippen molar-refractivity contribution in [2.45, 2.75) is 57.3 Å². The smallest absolute Gasteiger partial charge is 0.0829 e. The van der Waals surface area contributed by atoms with Crippen LogP contribution in [-0.2, 0) is 4.74 Å². The molecule has 4 nitrogen and oxygen atoms in total. The monoisotopic (exact) mass is 281 g/mol. The largest absolute Gasteiger partial charge is 0.374 e. The zero-order chi connectivity index (χ0) is 14.1. The highest BCUT2D eigenvalue weighted by atomic mass is 16.5. The van der Waals surface area contributed by atoms with Gasteiger partial charge in [0, 0.05) is 37.8 Å². The van der Waals surface area contributed by atoms with Crippen LogP contribution in [0, 0.1) is 5.92 Å². The summed E-state index contributed by atoms with van der Waals surface area (Å²) in [6.07, 6.45) is 4.39. The molecular weight excluding hydrogens is 250 g/mol. The predicted octanol–water partition coefficient (Wildman–Crippen LogP) is 1.17. The maximum absolute atomic E-state index is 6.13. The average molecular weight is 281 g/mol. The highest BCUT2D eigenvalue weighted by Crippen LogP contribution is 2.26. The molecule has 0 bridgehead atoms. The van der Waals surface area contributed by atoms with Crippen molar-refractivity contribution < 1.29 is 4.74 Å². The number of morpholine rings is 1. The summed E-state index contributed by atoms with van der Waals surface area (Å²) in [6.45, 7) is 10.5. The molecule has 5 unspecified atom stereocenters. The van der Waals surface area contributed by atoms with E-state index >= 15 is 0 Å². The van der Waals surface area contributed by atoms with E-state index in [0.29, 0.717) is 18.2 Å². The van der Waals surface area contributed by atoms with Gasteiger partial charge in [0.1, 0.15) is 0 Å². The van der Waals surface area contributed by atoms with Gasteiger partial charge < -0.3 is 10.1 Å². The summed E-state index contributed by atoms with van der Waals surface area (Å²) in [5.74, 6) is 0.719. The standard InChI is InChI=1S/C16H31N3O/c1-12-13(2)18(8-6-16(12)17-3)9-15-10-19-7-4-5-14(19)11-20-15/h12-17H,4-11H2,1-3H3. The first-order valence-corrected chi connectivity index (χ1v) is 8.46. The Kier molecular flexibility index (Phi) is 4.65. The maximum atomic E-state index is 6.13. The average Bonchev–Trinajstić information content (AvgIpc) is 2.92. The van der Waals surface area contributed by atoms with Crippen molar-refractivity contribution in [3.8, 4) is 0 Å². The molecule has 3 aliphatic heterocycles. The lowest BCUT2D eigenvalue weighted by Crippen LogP contribution is -2.57. The van der Waals surface area contributed by atoms with E-state index in [1.54, 1.807) is 0 Å². The normalized spacial score (nSPS) is 43.6. The summed E-state index contributed by atoms with van der Waals surface area (Å²) in [4.78, 5) is 5.31. The van der Waals surface area contributed by atoms with Crippen molar-refractivity contribution in [3.63, 3.8) is 0 Å². The van der Waals surface area contributed by atoms with Crippen LogP contribution in [0.4, 0.5) is 0 Å². The Morgan fingerprint density at radius 3 is 2.85 bits per heavy atom. The van der Waals surface area contributed by atoms with Crippen LogP contribution in [0.3, 0.4) is 0 Å². The zero-order valence-electron chi connectivity index (χ0n) is 13.3. The molecule has 3 saturated heterocycles. The van der Waals surface area contributed by atoms with Crippen molar-refractivity contribution >= 4 is 0 Å². The van der Waals surface area contributed by atoms with Gasteiger partial charge in [0.25, 0.3) is 0 Å². The van der Waals surface area contributed by atoms with E-state index in [2.05, 4.69) is 36.0 Å². The van der Waals surface area contributed by atoms with Crippen molar-refractivity contribution in [2.24, 2.45) is 5.92 Å². The Balaban J connectivity index is 1.53. The van der Waals surface area contributed by atoms with Gasteiger partial charge in [0.15, 0.2) is 0 Å². The van der Waals surface area contributed by atoms with Gasteiger partial charge in [-0.3, -0.25) is 9.80 Å². The van der Waals surface area contributed by atoms with Crippen molar-refractivity contribution in [1.82, 2.24) is 15.1 Å². The first-order valence-electron chi connectivity index (χ1n) is 8.46. The summed E-state index contributed by atoms with van der Waals surface area (Å²) in [6, 6.07) is 2.05. The summed E-state index contributed by atoms with van der Waals surface area (Å²) in [5.41, 5.74) is 0. The summed E-state index contributed by atoms with van der Waals surface area (Å²) >= 11 is 0. The first kappa shape index (κ1) is 14.8. The molecule has 0 aromatic carbocycles. The molecule has 0 aromatic rings.